The summed E-state index contributed by atoms with van der Waals surface area (Å²) in [5.74, 6) is 0.871. The van der Waals surface area contributed by atoms with Crippen LogP contribution < -0.4 is 0 Å². The first-order valence-corrected chi connectivity index (χ1v) is 6.83. The van der Waals surface area contributed by atoms with Gasteiger partial charge in [-0.25, -0.2) is 0 Å². The number of aliphatic carboxylic acids is 1. The molecule has 2 aromatic rings. The van der Waals surface area contributed by atoms with Gasteiger partial charge < -0.3 is 14.0 Å². The van der Waals surface area contributed by atoms with E-state index in [2.05, 4.69) is 10.1 Å². The lowest BCUT2D eigenvalue weighted by Gasteiger charge is -2.13. The average Bonchev–Trinajstić information content (AvgIpc) is 2.98. The van der Waals surface area contributed by atoms with Gasteiger partial charge in [0, 0.05) is 0 Å². The Morgan fingerprint density at radius 2 is 2.32 bits per heavy atom. The summed E-state index contributed by atoms with van der Waals surface area (Å²) in [6.07, 6.45) is 1.52. The van der Waals surface area contributed by atoms with Crippen LogP contribution in [0, 0.1) is 5.92 Å². The van der Waals surface area contributed by atoms with Crippen molar-refractivity contribution in [2.24, 2.45) is 5.92 Å². The Balaban J connectivity index is 1.99. The second-order valence-electron chi connectivity index (χ2n) is 4.31. The van der Waals surface area contributed by atoms with Crippen LogP contribution in [0.1, 0.15) is 19.7 Å². The van der Waals surface area contributed by atoms with Gasteiger partial charge in [0.25, 0.3) is 5.89 Å². The number of hydrogen-bond donors (Lipinski definition) is 1. The predicted octanol–water partition coefficient (Wildman–Crippen LogP) is 2.67. The van der Waals surface area contributed by atoms with Gasteiger partial charge in [0.1, 0.15) is 5.25 Å². The van der Waals surface area contributed by atoms with Crippen molar-refractivity contribution < 1.29 is 18.8 Å². The summed E-state index contributed by atoms with van der Waals surface area (Å²) < 4.78 is 10.2. The average molecular weight is 282 g/mol. The molecule has 0 aliphatic heterocycles. The van der Waals surface area contributed by atoms with Crippen LogP contribution in [-0.2, 0) is 10.5 Å². The van der Waals surface area contributed by atoms with Crippen LogP contribution in [0.2, 0.25) is 0 Å². The molecular weight excluding hydrogens is 268 g/mol. The van der Waals surface area contributed by atoms with Crippen LogP contribution in [0.3, 0.4) is 0 Å². The lowest BCUT2D eigenvalue weighted by molar-refractivity contribution is -0.137. The molecule has 0 saturated heterocycles. The first kappa shape index (κ1) is 13.7. The molecule has 0 aliphatic carbocycles. The molecule has 2 heterocycles. The molecule has 7 heteroatoms. The number of thioether (sulfide) groups is 1. The smallest absolute Gasteiger partial charge is 0.316 e. The zero-order valence-electron chi connectivity index (χ0n) is 10.6. The van der Waals surface area contributed by atoms with E-state index in [4.69, 9.17) is 14.0 Å². The van der Waals surface area contributed by atoms with Crippen molar-refractivity contribution in [1.82, 2.24) is 10.1 Å². The highest BCUT2D eigenvalue weighted by Crippen LogP contribution is 2.24. The molecule has 0 radical (unpaired) electrons. The topological polar surface area (TPSA) is 89.4 Å². The number of hydrogen-bond acceptors (Lipinski definition) is 6. The second-order valence-corrected chi connectivity index (χ2v) is 5.44. The Morgan fingerprint density at radius 1 is 1.53 bits per heavy atom. The lowest BCUT2D eigenvalue weighted by atomic mass is 10.1. The van der Waals surface area contributed by atoms with E-state index in [1.54, 1.807) is 12.1 Å². The number of aromatic nitrogens is 2. The third-order valence-electron chi connectivity index (χ3n) is 2.44. The SMILES string of the molecule is CC(C)C(SCc1noc(-c2ccco2)n1)C(=O)O. The van der Waals surface area contributed by atoms with Crippen molar-refractivity contribution >= 4 is 17.7 Å². The number of furan rings is 1. The van der Waals surface area contributed by atoms with E-state index >= 15 is 0 Å². The number of carbonyl (C=O) groups is 1. The van der Waals surface area contributed by atoms with Crippen LogP contribution in [0.15, 0.2) is 27.3 Å². The molecule has 0 fully saturated rings. The summed E-state index contributed by atoms with van der Waals surface area (Å²) >= 11 is 1.29. The van der Waals surface area contributed by atoms with Crippen LogP contribution in [0.4, 0.5) is 0 Å². The van der Waals surface area contributed by atoms with E-state index < -0.39 is 11.2 Å². The number of nitrogens with zero attached hydrogens (tertiary/aromatic N) is 2. The highest BCUT2D eigenvalue weighted by Gasteiger charge is 2.23. The van der Waals surface area contributed by atoms with Gasteiger partial charge in [-0.1, -0.05) is 19.0 Å². The molecule has 0 spiro atoms. The third kappa shape index (κ3) is 3.37. The van der Waals surface area contributed by atoms with Crippen LogP contribution in [-0.4, -0.2) is 26.5 Å². The minimum atomic E-state index is -0.824. The Morgan fingerprint density at radius 3 is 2.89 bits per heavy atom. The van der Waals surface area contributed by atoms with E-state index in [0.29, 0.717) is 23.2 Å². The first-order chi connectivity index (χ1) is 9.08. The van der Waals surface area contributed by atoms with Gasteiger partial charge in [0.05, 0.1) is 12.0 Å². The van der Waals surface area contributed by atoms with Crippen molar-refractivity contribution in [1.29, 1.82) is 0 Å². The molecule has 1 N–H and O–H groups in total. The summed E-state index contributed by atoms with van der Waals surface area (Å²) in [4.78, 5) is 15.2. The van der Waals surface area contributed by atoms with Crippen LogP contribution in [0.25, 0.3) is 11.7 Å². The summed E-state index contributed by atoms with van der Waals surface area (Å²) in [5.41, 5.74) is 0. The fourth-order valence-electron chi connectivity index (χ4n) is 1.53. The molecule has 19 heavy (non-hydrogen) atoms. The van der Waals surface area contributed by atoms with Crippen molar-refractivity contribution in [2.75, 3.05) is 0 Å². The Hall–Kier alpha value is -1.76. The lowest BCUT2D eigenvalue weighted by Crippen LogP contribution is -2.22. The van der Waals surface area contributed by atoms with Crippen LogP contribution >= 0.6 is 11.8 Å². The predicted molar refractivity (Wildman–Crippen MR) is 69.6 cm³/mol. The maximum absolute atomic E-state index is 11.1. The largest absolute Gasteiger partial charge is 0.480 e. The van der Waals surface area contributed by atoms with E-state index in [-0.39, 0.29) is 5.92 Å². The van der Waals surface area contributed by atoms with Gasteiger partial charge in [-0.05, 0) is 18.1 Å². The normalized spacial score (nSPS) is 12.8. The molecule has 0 amide bonds. The molecule has 1 unspecified atom stereocenters. The molecule has 0 bridgehead atoms. The van der Waals surface area contributed by atoms with E-state index in [9.17, 15) is 4.79 Å². The van der Waals surface area contributed by atoms with E-state index in [1.807, 2.05) is 13.8 Å². The number of carboxylic acid groups (broad SMARTS) is 1. The first-order valence-electron chi connectivity index (χ1n) is 5.79. The van der Waals surface area contributed by atoms with Gasteiger partial charge >= 0.3 is 5.97 Å². The fourth-order valence-corrected chi connectivity index (χ4v) is 2.50. The zero-order valence-corrected chi connectivity index (χ0v) is 11.4. The minimum absolute atomic E-state index is 0.0407. The van der Waals surface area contributed by atoms with Crippen molar-refractivity contribution in [2.45, 2.75) is 24.9 Å². The molecule has 6 nitrogen and oxygen atoms in total. The molecule has 0 aromatic carbocycles. The summed E-state index contributed by atoms with van der Waals surface area (Å²) in [6.45, 7) is 3.74. The highest BCUT2D eigenvalue weighted by atomic mass is 32.2. The maximum atomic E-state index is 11.1. The molecule has 1 atom stereocenters. The van der Waals surface area contributed by atoms with Gasteiger partial charge in [-0.15, -0.1) is 11.8 Å². The Labute approximate surface area is 114 Å². The van der Waals surface area contributed by atoms with Gasteiger partial charge in [-0.3, -0.25) is 4.79 Å². The minimum Gasteiger partial charge on any atom is -0.480 e. The Kier molecular flexibility index (Phi) is 4.26. The number of carboxylic acids is 1. The second kappa shape index (κ2) is 5.92. The number of rotatable bonds is 6. The maximum Gasteiger partial charge on any atom is 0.316 e. The molecule has 102 valence electrons. The molecule has 2 aromatic heterocycles. The van der Waals surface area contributed by atoms with Gasteiger partial charge in [0.2, 0.25) is 0 Å². The summed E-state index contributed by atoms with van der Waals surface area (Å²) in [7, 11) is 0. The van der Waals surface area contributed by atoms with Gasteiger partial charge in [-0.2, -0.15) is 4.98 Å². The quantitative estimate of drug-likeness (QED) is 0.871. The third-order valence-corrected chi connectivity index (χ3v) is 3.97. The van der Waals surface area contributed by atoms with E-state index in [1.165, 1.54) is 18.0 Å². The molecule has 2 rings (SSSR count). The Bertz CT molecular complexity index is 536. The van der Waals surface area contributed by atoms with Crippen LogP contribution in [0.5, 0.6) is 0 Å². The van der Waals surface area contributed by atoms with E-state index in [0.717, 1.165) is 0 Å². The molecule has 0 saturated carbocycles. The van der Waals surface area contributed by atoms with Gasteiger partial charge in [0.15, 0.2) is 11.6 Å². The summed E-state index contributed by atoms with van der Waals surface area (Å²) in [6, 6.07) is 3.45. The standard InChI is InChI=1S/C12H14N2O4S/c1-7(2)10(12(15)16)19-6-9-13-11(18-14-9)8-4-3-5-17-8/h3-5,7,10H,6H2,1-2H3,(H,15,16). The molecular formula is C12H14N2O4S. The highest BCUT2D eigenvalue weighted by molar-refractivity contribution is 7.99. The molecule has 0 aliphatic rings. The van der Waals surface area contributed by atoms with Crippen molar-refractivity contribution in [3.63, 3.8) is 0 Å². The zero-order chi connectivity index (χ0) is 13.8. The van der Waals surface area contributed by atoms with Crippen molar-refractivity contribution in [3.8, 4) is 11.7 Å². The van der Waals surface area contributed by atoms with Crippen molar-refractivity contribution in [3.05, 3.63) is 24.2 Å². The fraction of sp³-hybridized carbons (Fsp3) is 0.417. The summed E-state index contributed by atoms with van der Waals surface area (Å²) in [5, 5.41) is 12.4. The monoisotopic (exact) mass is 282 g/mol.